The average Bonchev–Trinajstić information content (AvgIpc) is 2.27. The van der Waals surface area contributed by atoms with Crippen molar-refractivity contribution in [1.29, 1.82) is 0 Å². The van der Waals surface area contributed by atoms with Crippen molar-refractivity contribution in [1.82, 2.24) is 0 Å². The third kappa shape index (κ3) is 3.09. The maximum Gasteiger partial charge on any atom is 0.416 e. The van der Waals surface area contributed by atoms with E-state index >= 15 is 0 Å². The monoisotopic (exact) mass is 260 g/mol. The van der Waals surface area contributed by atoms with E-state index in [0.29, 0.717) is 6.07 Å². The molecule has 0 saturated carbocycles. The summed E-state index contributed by atoms with van der Waals surface area (Å²) < 4.78 is 42.3. The van der Waals surface area contributed by atoms with E-state index in [4.69, 9.17) is 0 Å². The molecule has 6 heteroatoms. The summed E-state index contributed by atoms with van der Waals surface area (Å²) in [6.45, 7) is 2.77. The minimum Gasteiger partial charge on any atom is -0.460 e. The molecule has 0 spiro atoms. The average molecular weight is 260 g/mol. The Morgan fingerprint density at radius 2 is 1.89 bits per heavy atom. The van der Waals surface area contributed by atoms with Crippen LogP contribution in [0.3, 0.4) is 0 Å². The Hall–Kier alpha value is -1.85. The lowest BCUT2D eigenvalue weighted by Crippen LogP contribution is -2.18. The van der Waals surface area contributed by atoms with Crippen molar-refractivity contribution in [2.45, 2.75) is 20.0 Å². The Balaban J connectivity index is 3.13. The van der Waals surface area contributed by atoms with Gasteiger partial charge < -0.3 is 4.74 Å². The Bertz CT molecular complexity index is 478. The van der Waals surface area contributed by atoms with Gasteiger partial charge in [0, 0.05) is 5.56 Å². The Morgan fingerprint density at radius 3 is 2.39 bits per heavy atom. The van der Waals surface area contributed by atoms with Gasteiger partial charge in [0.2, 0.25) is 0 Å². The van der Waals surface area contributed by atoms with Gasteiger partial charge in [-0.3, -0.25) is 4.79 Å². The molecule has 98 valence electrons. The predicted molar refractivity (Wildman–Crippen MR) is 57.1 cm³/mol. The number of rotatable bonds is 3. The van der Waals surface area contributed by atoms with E-state index in [2.05, 4.69) is 4.74 Å². The van der Waals surface area contributed by atoms with E-state index in [1.807, 2.05) is 0 Å². The van der Waals surface area contributed by atoms with Crippen LogP contribution in [-0.4, -0.2) is 18.4 Å². The largest absolute Gasteiger partial charge is 0.460 e. The summed E-state index contributed by atoms with van der Waals surface area (Å²) in [6, 6.07) is 2.98. The van der Waals surface area contributed by atoms with Crippen LogP contribution in [0.25, 0.3) is 0 Å². The Kier molecular flexibility index (Phi) is 4.11. The summed E-state index contributed by atoms with van der Waals surface area (Å²) in [6.07, 6.45) is -4.56. The van der Waals surface area contributed by atoms with Gasteiger partial charge in [-0.25, -0.2) is 4.79 Å². The van der Waals surface area contributed by atoms with Crippen LogP contribution in [-0.2, 0) is 15.7 Å². The summed E-state index contributed by atoms with van der Waals surface area (Å²) in [5.41, 5.74) is -1.27. The molecule has 0 radical (unpaired) electrons. The highest BCUT2D eigenvalue weighted by Crippen LogP contribution is 2.32. The molecular formula is C12H11F3O3. The van der Waals surface area contributed by atoms with Crippen molar-refractivity contribution in [3.05, 3.63) is 34.9 Å². The highest BCUT2D eigenvalue weighted by molar-refractivity contribution is 6.40. The van der Waals surface area contributed by atoms with Crippen LogP contribution in [0.1, 0.15) is 28.4 Å². The Morgan fingerprint density at radius 1 is 1.28 bits per heavy atom. The van der Waals surface area contributed by atoms with Gasteiger partial charge in [0.1, 0.15) is 0 Å². The fraction of sp³-hybridized carbons (Fsp3) is 0.333. The lowest BCUT2D eigenvalue weighted by Gasteiger charge is -2.11. The number of ether oxygens (including phenoxy) is 1. The number of hydrogen-bond donors (Lipinski definition) is 0. The predicted octanol–water partition coefficient (Wildman–Crippen LogP) is 2.76. The van der Waals surface area contributed by atoms with Gasteiger partial charge in [0.05, 0.1) is 12.2 Å². The first-order valence-corrected chi connectivity index (χ1v) is 5.16. The number of ketones is 1. The van der Waals surface area contributed by atoms with Crippen molar-refractivity contribution >= 4 is 11.8 Å². The molecule has 0 aliphatic heterocycles. The van der Waals surface area contributed by atoms with Gasteiger partial charge in [-0.05, 0) is 25.5 Å². The van der Waals surface area contributed by atoms with E-state index in [0.717, 1.165) is 6.07 Å². The second kappa shape index (κ2) is 5.20. The maximum atomic E-state index is 12.6. The van der Waals surface area contributed by atoms with E-state index in [1.54, 1.807) is 0 Å². The summed E-state index contributed by atoms with van der Waals surface area (Å²) in [5, 5.41) is 0. The number of halogens is 3. The van der Waals surface area contributed by atoms with Gasteiger partial charge >= 0.3 is 12.1 Å². The summed E-state index contributed by atoms with van der Waals surface area (Å²) >= 11 is 0. The second-order valence-electron chi connectivity index (χ2n) is 3.58. The van der Waals surface area contributed by atoms with Crippen molar-refractivity contribution in [3.63, 3.8) is 0 Å². The molecule has 0 fully saturated rings. The molecule has 1 aromatic rings. The van der Waals surface area contributed by atoms with Crippen LogP contribution in [0, 0.1) is 6.92 Å². The minimum absolute atomic E-state index is 0.0112. The molecule has 0 unspecified atom stereocenters. The van der Waals surface area contributed by atoms with Crippen molar-refractivity contribution in [2.24, 2.45) is 0 Å². The fourth-order valence-corrected chi connectivity index (χ4v) is 1.38. The highest BCUT2D eigenvalue weighted by atomic mass is 19.4. The third-order valence-corrected chi connectivity index (χ3v) is 2.27. The molecule has 18 heavy (non-hydrogen) atoms. The molecule has 0 heterocycles. The molecular weight excluding hydrogens is 249 g/mol. The van der Waals surface area contributed by atoms with Gasteiger partial charge in [-0.1, -0.05) is 12.1 Å². The molecule has 0 atom stereocenters. The molecule has 1 aromatic carbocycles. The normalized spacial score (nSPS) is 11.2. The number of Topliss-reactive ketones (excluding diaryl/α,β-unsaturated/α-hetero) is 1. The van der Waals surface area contributed by atoms with Gasteiger partial charge in [0.15, 0.2) is 0 Å². The van der Waals surface area contributed by atoms with Crippen LogP contribution in [0.2, 0.25) is 0 Å². The van der Waals surface area contributed by atoms with E-state index < -0.39 is 23.5 Å². The summed E-state index contributed by atoms with van der Waals surface area (Å²) in [7, 11) is 0. The van der Waals surface area contributed by atoms with Crippen molar-refractivity contribution in [3.8, 4) is 0 Å². The smallest absolute Gasteiger partial charge is 0.416 e. The van der Waals surface area contributed by atoms with Crippen molar-refractivity contribution in [2.75, 3.05) is 6.61 Å². The topological polar surface area (TPSA) is 43.4 Å². The van der Waals surface area contributed by atoms with Crippen molar-refractivity contribution < 1.29 is 27.5 Å². The van der Waals surface area contributed by atoms with Gasteiger partial charge in [-0.15, -0.1) is 0 Å². The molecule has 0 aliphatic carbocycles. The molecule has 0 bridgehead atoms. The van der Waals surface area contributed by atoms with E-state index in [1.165, 1.54) is 19.9 Å². The SMILES string of the molecule is CCOC(=O)C(=O)c1ccc(C)c(C(F)(F)F)c1. The van der Waals surface area contributed by atoms with Crippen LogP contribution in [0.5, 0.6) is 0 Å². The standard InChI is InChI=1S/C12H11F3O3/c1-3-18-11(17)10(16)8-5-4-7(2)9(6-8)12(13,14)15/h4-6H,3H2,1-2H3. The lowest BCUT2D eigenvalue weighted by molar-refractivity contribution is -0.139. The van der Waals surface area contributed by atoms with Crippen LogP contribution < -0.4 is 0 Å². The molecule has 0 aromatic heterocycles. The van der Waals surface area contributed by atoms with E-state index in [9.17, 15) is 22.8 Å². The number of aryl methyl sites for hydroxylation is 1. The fourth-order valence-electron chi connectivity index (χ4n) is 1.38. The first-order valence-electron chi connectivity index (χ1n) is 5.16. The summed E-state index contributed by atoms with van der Waals surface area (Å²) in [4.78, 5) is 22.6. The number of carbonyl (C=O) groups excluding carboxylic acids is 2. The molecule has 3 nitrogen and oxygen atoms in total. The highest BCUT2D eigenvalue weighted by Gasteiger charge is 2.33. The minimum atomic E-state index is -4.56. The van der Waals surface area contributed by atoms with Crippen LogP contribution >= 0.6 is 0 Å². The number of hydrogen-bond acceptors (Lipinski definition) is 3. The zero-order chi connectivity index (χ0) is 13.9. The lowest BCUT2D eigenvalue weighted by atomic mass is 10.0. The number of benzene rings is 1. The molecule has 0 saturated heterocycles. The quantitative estimate of drug-likeness (QED) is 0.477. The van der Waals surface area contributed by atoms with Gasteiger partial charge in [-0.2, -0.15) is 13.2 Å². The van der Waals surface area contributed by atoms with Gasteiger partial charge in [0.25, 0.3) is 5.78 Å². The Labute approximate surface area is 102 Å². The molecule has 0 N–H and O–H groups in total. The van der Waals surface area contributed by atoms with E-state index in [-0.39, 0.29) is 17.7 Å². The number of esters is 1. The zero-order valence-corrected chi connectivity index (χ0v) is 9.80. The first kappa shape index (κ1) is 14.2. The van der Waals surface area contributed by atoms with Crippen LogP contribution in [0.15, 0.2) is 18.2 Å². The summed E-state index contributed by atoms with van der Waals surface area (Å²) in [5.74, 6) is -2.24. The second-order valence-corrected chi connectivity index (χ2v) is 3.58. The van der Waals surface area contributed by atoms with Crippen LogP contribution in [0.4, 0.5) is 13.2 Å². The molecule has 0 aliphatic rings. The third-order valence-electron chi connectivity index (χ3n) is 2.27. The first-order chi connectivity index (χ1) is 8.27. The zero-order valence-electron chi connectivity index (χ0n) is 9.80. The maximum absolute atomic E-state index is 12.6. The molecule has 1 rings (SSSR count). The number of alkyl halides is 3. The number of carbonyl (C=O) groups is 2. The molecule has 0 amide bonds.